The molecule has 4 rings (SSSR count). The Balaban J connectivity index is 1.68. The molecular weight excluding hydrogens is 475 g/mol. The second-order valence-electron chi connectivity index (χ2n) is 6.64. The average molecular weight is 492 g/mol. The third-order valence-electron chi connectivity index (χ3n) is 4.67. The minimum absolute atomic E-state index is 0.0428. The van der Waals surface area contributed by atoms with Crippen LogP contribution in [0.2, 0.25) is 0 Å². The van der Waals surface area contributed by atoms with E-state index in [-0.39, 0.29) is 5.78 Å². The Bertz CT molecular complexity index is 1220. The first-order chi connectivity index (χ1) is 14.2. The number of carbonyl (C=O) groups excluding carboxylic acids is 1. The summed E-state index contributed by atoms with van der Waals surface area (Å²) >= 11 is 2.34. The first kappa shape index (κ1) is 19.3. The number of rotatable bonds is 6. The third-order valence-corrected chi connectivity index (χ3v) is 5.79. The van der Waals surface area contributed by atoms with Gasteiger partial charge in [-0.3, -0.25) is 4.79 Å². The number of hydrogen-bond acceptors (Lipinski definition) is 4. The van der Waals surface area contributed by atoms with Crippen molar-refractivity contribution in [2.75, 3.05) is 0 Å². The van der Waals surface area contributed by atoms with E-state index in [9.17, 15) is 4.79 Å². The summed E-state index contributed by atoms with van der Waals surface area (Å²) in [5, 5.41) is 9.66. The lowest BCUT2D eigenvalue weighted by molar-refractivity contribution is 0.0976. The van der Waals surface area contributed by atoms with E-state index in [1.807, 2.05) is 30.3 Å². The molecule has 0 atom stereocenters. The van der Waals surface area contributed by atoms with E-state index < -0.39 is 0 Å². The van der Waals surface area contributed by atoms with Gasteiger partial charge in [-0.25, -0.2) is 9.97 Å². The van der Waals surface area contributed by atoms with Gasteiger partial charge in [-0.05, 0) is 52.8 Å². The summed E-state index contributed by atoms with van der Waals surface area (Å²) in [6, 6.07) is 19.7. The number of fused-ring (bicyclic) bond motifs is 1. The summed E-state index contributed by atoms with van der Waals surface area (Å²) in [7, 11) is 0. The molecule has 0 spiro atoms. The molecule has 1 aromatic carbocycles. The molecule has 5 nitrogen and oxygen atoms in total. The summed E-state index contributed by atoms with van der Waals surface area (Å²) < 4.78 is 1.10. The molecule has 0 aliphatic rings. The predicted molar refractivity (Wildman–Crippen MR) is 121 cm³/mol. The monoisotopic (exact) mass is 492 g/mol. The topological polar surface area (TPSA) is 82.4 Å². The molecule has 29 heavy (non-hydrogen) atoms. The minimum Gasteiger partial charge on any atom is -0.338 e. The fourth-order valence-electron chi connectivity index (χ4n) is 3.19. The second-order valence-corrected chi connectivity index (χ2v) is 7.72. The molecule has 0 aliphatic carbocycles. The molecule has 0 unspecified atom stereocenters. The fraction of sp³-hybridized carbons (Fsp3) is 0.130. The van der Waals surface area contributed by atoms with Crippen LogP contribution in [0.3, 0.4) is 0 Å². The SMILES string of the molecule is N#CCCCC(=O)c1cccc(-c2cnc3[nH]c(-c4ccccc4)c(I)c3c2)n1. The Kier molecular flexibility index (Phi) is 5.67. The maximum atomic E-state index is 12.3. The minimum atomic E-state index is -0.0428. The van der Waals surface area contributed by atoms with Gasteiger partial charge in [-0.1, -0.05) is 36.4 Å². The number of Topliss-reactive ketones (excluding diaryl/α,β-unsaturated/α-hetero) is 1. The van der Waals surface area contributed by atoms with E-state index in [1.54, 1.807) is 12.3 Å². The summed E-state index contributed by atoms with van der Waals surface area (Å²) in [6.07, 6.45) is 3.04. The van der Waals surface area contributed by atoms with Gasteiger partial charge < -0.3 is 4.98 Å². The Labute approximate surface area is 182 Å². The number of halogens is 1. The van der Waals surface area contributed by atoms with Crippen molar-refractivity contribution in [3.8, 4) is 28.6 Å². The quantitative estimate of drug-likeness (QED) is 0.210. The lowest BCUT2D eigenvalue weighted by Gasteiger charge is -2.04. The highest BCUT2D eigenvalue weighted by Gasteiger charge is 2.14. The second kappa shape index (κ2) is 8.53. The van der Waals surface area contributed by atoms with Gasteiger partial charge in [0.05, 0.1) is 17.5 Å². The number of nitrogens with zero attached hydrogens (tertiary/aromatic N) is 3. The van der Waals surface area contributed by atoms with Crippen molar-refractivity contribution in [2.45, 2.75) is 19.3 Å². The summed E-state index contributed by atoms with van der Waals surface area (Å²) in [5.74, 6) is -0.0428. The molecule has 0 bridgehead atoms. The molecule has 1 N–H and O–H groups in total. The van der Waals surface area contributed by atoms with E-state index in [2.05, 4.69) is 61.8 Å². The smallest absolute Gasteiger partial charge is 0.181 e. The van der Waals surface area contributed by atoms with Crippen LogP contribution in [0.25, 0.3) is 33.5 Å². The van der Waals surface area contributed by atoms with Crippen molar-refractivity contribution in [1.82, 2.24) is 15.0 Å². The number of unbranched alkanes of at least 4 members (excludes halogenated alkanes) is 1. The van der Waals surface area contributed by atoms with Gasteiger partial charge in [0.1, 0.15) is 11.3 Å². The zero-order valence-electron chi connectivity index (χ0n) is 15.5. The summed E-state index contributed by atoms with van der Waals surface area (Å²) in [6.45, 7) is 0. The Morgan fingerprint density at radius 1 is 1.10 bits per heavy atom. The van der Waals surface area contributed by atoms with Crippen LogP contribution in [0.1, 0.15) is 29.8 Å². The number of nitrogens with one attached hydrogen (secondary N) is 1. The molecule has 0 saturated carbocycles. The first-order valence-electron chi connectivity index (χ1n) is 9.27. The van der Waals surface area contributed by atoms with Crippen molar-refractivity contribution >= 4 is 39.4 Å². The highest BCUT2D eigenvalue weighted by atomic mass is 127. The van der Waals surface area contributed by atoms with Crippen molar-refractivity contribution in [2.24, 2.45) is 0 Å². The lowest BCUT2D eigenvalue weighted by Crippen LogP contribution is -2.02. The molecule has 4 aromatic rings. The van der Waals surface area contributed by atoms with Gasteiger partial charge in [0.2, 0.25) is 0 Å². The van der Waals surface area contributed by atoms with Crippen molar-refractivity contribution in [3.63, 3.8) is 0 Å². The normalized spacial score (nSPS) is 10.8. The molecular formula is C23H17IN4O. The zero-order chi connectivity index (χ0) is 20.2. The third kappa shape index (κ3) is 4.05. The van der Waals surface area contributed by atoms with Crippen LogP contribution < -0.4 is 0 Å². The largest absolute Gasteiger partial charge is 0.338 e. The molecule has 142 valence electrons. The molecule has 3 heterocycles. The van der Waals surface area contributed by atoms with Gasteiger partial charge in [0.15, 0.2) is 5.78 Å². The van der Waals surface area contributed by atoms with Crippen LogP contribution in [0, 0.1) is 14.9 Å². The zero-order valence-corrected chi connectivity index (χ0v) is 17.7. The van der Waals surface area contributed by atoms with Crippen LogP contribution in [-0.2, 0) is 0 Å². The number of nitriles is 1. The predicted octanol–water partition coefficient (Wildman–Crippen LogP) is 5.77. The van der Waals surface area contributed by atoms with Gasteiger partial charge in [0, 0.05) is 33.6 Å². The van der Waals surface area contributed by atoms with Crippen LogP contribution in [0.15, 0.2) is 60.8 Å². The number of benzene rings is 1. The number of H-pyrrole nitrogens is 1. The highest BCUT2D eigenvalue weighted by molar-refractivity contribution is 14.1. The van der Waals surface area contributed by atoms with Crippen molar-refractivity contribution < 1.29 is 4.79 Å². The highest BCUT2D eigenvalue weighted by Crippen LogP contribution is 2.32. The summed E-state index contributed by atoms with van der Waals surface area (Å²) in [5.41, 5.74) is 4.97. The van der Waals surface area contributed by atoms with Gasteiger partial charge in [-0.2, -0.15) is 5.26 Å². The Morgan fingerprint density at radius 3 is 2.72 bits per heavy atom. The van der Waals surface area contributed by atoms with Crippen LogP contribution >= 0.6 is 22.6 Å². The van der Waals surface area contributed by atoms with Crippen LogP contribution in [0.5, 0.6) is 0 Å². The maximum absolute atomic E-state index is 12.3. The van der Waals surface area contributed by atoms with E-state index in [4.69, 9.17) is 5.26 Å². The molecule has 0 fully saturated rings. The molecule has 0 saturated heterocycles. The molecule has 6 heteroatoms. The number of hydrogen-bond donors (Lipinski definition) is 1. The van der Waals surface area contributed by atoms with E-state index in [0.717, 1.165) is 31.4 Å². The van der Waals surface area contributed by atoms with Gasteiger partial charge in [0.25, 0.3) is 0 Å². The maximum Gasteiger partial charge on any atom is 0.181 e. The Morgan fingerprint density at radius 2 is 1.93 bits per heavy atom. The van der Waals surface area contributed by atoms with E-state index in [0.29, 0.717) is 30.7 Å². The number of carbonyl (C=O) groups is 1. The van der Waals surface area contributed by atoms with Crippen LogP contribution in [-0.4, -0.2) is 20.7 Å². The molecule has 0 radical (unpaired) electrons. The number of ketones is 1. The number of aromatic nitrogens is 3. The van der Waals surface area contributed by atoms with Crippen molar-refractivity contribution in [3.05, 3.63) is 70.1 Å². The van der Waals surface area contributed by atoms with Gasteiger partial charge in [-0.15, -0.1) is 0 Å². The van der Waals surface area contributed by atoms with Crippen LogP contribution in [0.4, 0.5) is 0 Å². The number of pyridine rings is 2. The average Bonchev–Trinajstić information content (AvgIpc) is 3.10. The van der Waals surface area contributed by atoms with E-state index in [1.165, 1.54) is 0 Å². The molecule has 0 aliphatic heterocycles. The summed E-state index contributed by atoms with van der Waals surface area (Å²) in [4.78, 5) is 24.9. The lowest BCUT2D eigenvalue weighted by atomic mass is 10.1. The standard InChI is InChI=1S/C23H17IN4O/c24-21-17-13-16(14-26-23(17)28-22(21)15-7-2-1-3-8-15)18-9-6-10-19(27-18)20(29)11-4-5-12-25/h1-3,6-10,13-14H,4-5,11H2,(H,26,28). The molecule has 0 amide bonds. The van der Waals surface area contributed by atoms with Crippen molar-refractivity contribution in [1.29, 1.82) is 5.26 Å². The number of aromatic amines is 1. The van der Waals surface area contributed by atoms with E-state index >= 15 is 0 Å². The van der Waals surface area contributed by atoms with Gasteiger partial charge >= 0.3 is 0 Å². The first-order valence-corrected chi connectivity index (χ1v) is 10.4. The Hall–Kier alpha value is -3.05. The molecule has 3 aromatic heterocycles. The fourth-order valence-corrected chi connectivity index (χ4v) is 4.05.